The molecule has 6 nitrogen and oxygen atoms in total. The molecule has 1 atom stereocenters. The van der Waals surface area contributed by atoms with Crippen molar-refractivity contribution in [3.8, 4) is 0 Å². The van der Waals surface area contributed by atoms with E-state index in [1.54, 1.807) is 4.57 Å². The van der Waals surface area contributed by atoms with Crippen LogP contribution in [-0.4, -0.2) is 27.3 Å². The van der Waals surface area contributed by atoms with E-state index in [-0.39, 0.29) is 23.3 Å². The molecule has 0 saturated heterocycles. The second-order valence-corrected chi connectivity index (χ2v) is 11.8. The average Bonchev–Trinajstić information content (AvgIpc) is 3.26. The number of hydrogen-bond acceptors (Lipinski definition) is 6. The molecule has 3 heterocycles. The third-order valence-electron chi connectivity index (χ3n) is 6.67. The van der Waals surface area contributed by atoms with Gasteiger partial charge in [0.05, 0.1) is 23.8 Å². The van der Waals surface area contributed by atoms with Gasteiger partial charge in [-0.15, -0.1) is 11.3 Å². The first kappa shape index (κ1) is 25.7. The van der Waals surface area contributed by atoms with Crippen molar-refractivity contribution < 1.29 is 9.53 Å². The summed E-state index contributed by atoms with van der Waals surface area (Å²) in [7, 11) is 0. The van der Waals surface area contributed by atoms with Crippen LogP contribution in [0, 0.1) is 12.8 Å². The normalized spacial score (nSPS) is 15.2. The zero-order chi connectivity index (χ0) is 25.9. The van der Waals surface area contributed by atoms with Crippen molar-refractivity contribution in [1.29, 1.82) is 0 Å². The van der Waals surface area contributed by atoms with Crippen molar-refractivity contribution in [3.63, 3.8) is 0 Å². The minimum Gasteiger partial charge on any atom is -0.372 e. The average molecular weight is 534 g/mol. The lowest BCUT2D eigenvalue weighted by Crippen LogP contribution is -2.29. The van der Waals surface area contributed by atoms with E-state index in [9.17, 15) is 9.59 Å². The van der Waals surface area contributed by atoms with Crippen LogP contribution in [0.15, 0.2) is 64.5 Å². The Morgan fingerprint density at radius 1 is 1.19 bits per heavy atom. The number of hydrogen-bond donors (Lipinski definition) is 1. The molecule has 1 aliphatic heterocycles. The molecule has 0 bridgehead atoms. The predicted octanol–water partition coefficient (Wildman–Crippen LogP) is 5.84. The lowest BCUT2D eigenvalue weighted by atomic mass is 9.96. The highest BCUT2D eigenvalue weighted by Gasteiger charge is 2.28. The van der Waals surface area contributed by atoms with E-state index < -0.39 is 0 Å². The summed E-state index contributed by atoms with van der Waals surface area (Å²) in [5, 5.41) is 4.23. The molecule has 1 amide bonds. The number of aryl methyl sites for hydroxylation is 2. The van der Waals surface area contributed by atoms with E-state index >= 15 is 0 Å². The molecule has 0 aliphatic carbocycles. The molecule has 1 N–H and O–H groups in total. The van der Waals surface area contributed by atoms with Crippen molar-refractivity contribution in [3.05, 3.63) is 86.5 Å². The van der Waals surface area contributed by atoms with E-state index in [2.05, 4.69) is 31.3 Å². The Labute approximate surface area is 225 Å². The van der Waals surface area contributed by atoms with Crippen LogP contribution in [0.1, 0.15) is 35.4 Å². The van der Waals surface area contributed by atoms with Crippen LogP contribution in [0.3, 0.4) is 0 Å². The quantitative estimate of drug-likeness (QED) is 0.228. The molecule has 0 radical (unpaired) electrons. The van der Waals surface area contributed by atoms with Gasteiger partial charge in [0, 0.05) is 23.5 Å². The molecular weight excluding hydrogens is 502 g/mol. The fourth-order valence-corrected chi connectivity index (χ4v) is 6.52. The third kappa shape index (κ3) is 5.81. The monoisotopic (exact) mass is 533 g/mol. The number of carbonyl (C=O) groups is 1. The molecule has 0 fully saturated rings. The largest absolute Gasteiger partial charge is 0.372 e. The Kier molecular flexibility index (Phi) is 7.79. The summed E-state index contributed by atoms with van der Waals surface area (Å²) in [4.78, 5) is 33.4. The number of rotatable bonds is 8. The molecule has 0 spiro atoms. The van der Waals surface area contributed by atoms with Crippen LogP contribution in [0.25, 0.3) is 10.2 Å². The van der Waals surface area contributed by atoms with Crippen LogP contribution in [0.4, 0.5) is 5.69 Å². The molecule has 1 aliphatic rings. The minimum atomic E-state index is -0.128. The summed E-state index contributed by atoms with van der Waals surface area (Å²) < 4.78 is 7.82. The van der Waals surface area contributed by atoms with Gasteiger partial charge in [0.25, 0.3) is 5.56 Å². The first-order valence-corrected chi connectivity index (χ1v) is 14.4. The molecular formula is C29H31N3O3S2. The molecule has 4 aromatic rings. The van der Waals surface area contributed by atoms with Crippen LogP contribution in [0.5, 0.6) is 0 Å². The minimum absolute atomic E-state index is 0.0238. The second-order valence-electron chi connectivity index (χ2n) is 9.77. The van der Waals surface area contributed by atoms with Gasteiger partial charge in [-0.05, 0) is 42.5 Å². The van der Waals surface area contributed by atoms with E-state index in [4.69, 9.17) is 9.72 Å². The Hall–Kier alpha value is -2.94. The zero-order valence-electron chi connectivity index (χ0n) is 21.3. The zero-order valence-corrected chi connectivity index (χ0v) is 23.0. The fourth-order valence-electron chi connectivity index (χ4n) is 4.53. The molecule has 37 heavy (non-hydrogen) atoms. The van der Waals surface area contributed by atoms with Crippen LogP contribution in [-0.2, 0) is 35.5 Å². The Bertz CT molecular complexity index is 1460. The summed E-state index contributed by atoms with van der Waals surface area (Å²) in [5.41, 5.74) is 4.11. The van der Waals surface area contributed by atoms with E-state index in [0.29, 0.717) is 30.6 Å². The van der Waals surface area contributed by atoms with Gasteiger partial charge in [-0.3, -0.25) is 14.2 Å². The van der Waals surface area contributed by atoms with Crippen molar-refractivity contribution in [2.45, 2.75) is 58.0 Å². The van der Waals surface area contributed by atoms with Gasteiger partial charge < -0.3 is 10.1 Å². The van der Waals surface area contributed by atoms with Crippen LogP contribution < -0.4 is 10.9 Å². The molecule has 8 heteroatoms. The molecule has 2 aromatic heterocycles. The summed E-state index contributed by atoms with van der Waals surface area (Å²) in [5.74, 6) is 0.413. The van der Waals surface area contributed by atoms with Gasteiger partial charge in [-0.1, -0.05) is 73.6 Å². The number of anilines is 1. The number of fused-ring (bicyclic) bond motifs is 3. The number of thiophene rings is 1. The Morgan fingerprint density at radius 2 is 1.95 bits per heavy atom. The maximum Gasteiger partial charge on any atom is 0.263 e. The maximum absolute atomic E-state index is 13.9. The highest BCUT2D eigenvalue weighted by atomic mass is 32.2. The standard InChI is InChI=1S/C29H31N3O3S2/c1-18(2)23-15-22-24(16-35-23)37-27-26(22)28(34)32(14-13-20-7-5-4-6-8-20)29(31-27)36-17-25(33)30-21-11-9-19(3)10-12-21/h4-12,18,23H,13-17H2,1-3H3,(H,30,33). The van der Waals surface area contributed by atoms with E-state index in [1.165, 1.54) is 23.1 Å². The first-order valence-electron chi connectivity index (χ1n) is 12.6. The lowest BCUT2D eigenvalue weighted by Gasteiger charge is -2.26. The van der Waals surface area contributed by atoms with Crippen LogP contribution in [0.2, 0.25) is 0 Å². The van der Waals surface area contributed by atoms with E-state index in [0.717, 1.165) is 43.9 Å². The summed E-state index contributed by atoms with van der Waals surface area (Å²) >= 11 is 2.85. The van der Waals surface area contributed by atoms with Crippen molar-refractivity contribution in [2.24, 2.45) is 5.92 Å². The third-order valence-corrected chi connectivity index (χ3v) is 8.75. The van der Waals surface area contributed by atoms with Gasteiger partial charge >= 0.3 is 0 Å². The van der Waals surface area contributed by atoms with E-state index in [1.807, 2.05) is 49.4 Å². The number of carbonyl (C=O) groups excluding carboxylic acids is 1. The topological polar surface area (TPSA) is 73.2 Å². The summed E-state index contributed by atoms with van der Waals surface area (Å²) in [6.07, 6.45) is 1.54. The van der Waals surface area contributed by atoms with Gasteiger partial charge in [-0.25, -0.2) is 4.98 Å². The summed E-state index contributed by atoms with van der Waals surface area (Å²) in [6, 6.07) is 17.8. The smallest absolute Gasteiger partial charge is 0.263 e. The lowest BCUT2D eigenvalue weighted by molar-refractivity contribution is -0.113. The SMILES string of the molecule is Cc1ccc(NC(=O)CSc2nc3sc4c(c3c(=O)n2CCc2ccccc2)CC(C(C)C)OC4)cc1. The maximum atomic E-state index is 13.9. The Morgan fingerprint density at radius 3 is 2.68 bits per heavy atom. The van der Waals surface area contributed by atoms with Crippen molar-refractivity contribution >= 4 is 44.9 Å². The highest BCUT2D eigenvalue weighted by Crippen LogP contribution is 2.36. The van der Waals surface area contributed by atoms with Gasteiger partial charge in [-0.2, -0.15) is 0 Å². The number of nitrogens with zero attached hydrogens (tertiary/aromatic N) is 2. The number of ether oxygens (including phenoxy) is 1. The van der Waals surface area contributed by atoms with Gasteiger partial charge in [0.2, 0.25) is 5.91 Å². The Balaban J connectivity index is 1.45. The molecule has 0 saturated carbocycles. The van der Waals surface area contributed by atoms with Gasteiger partial charge in [0.15, 0.2) is 5.16 Å². The fraction of sp³-hybridized carbons (Fsp3) is 0.345. The molecule has 2 aromatic carbocycles. The first-order chi connectivity index (χ1) is 17.9. The number of nitrogens with one attached hydrogen (secondary N) is 1. The number of thioether (sulfide) groups is 1. The number of benzene rings is 2. The molecule has 5 rings (SSSR count). The highest BCUT2D eigenvalue weighted by molar-refractivity contribution is 7.99. The van der Waals surface area contributed by atoms with Gasteiger partial charge in [0.1, 0.15) is 4.83 Å². The van der Waals surface area contributed by atoms with Crippen LogP contribution >= 0.6 is 23.1 Å². The van der Waals surface area contributed by atoms with Crippen molar-refractivity contribution in [2.75, 3.05) is 11.1 Å². The van der Waals surface area contributed by atoms with Crippen molar-refractivity contribution in [1.82, 2.24) is 9.55 Å². The summed E-state index contributed by atoms with van der Waals surface area (Å²) in [6.45, 7) is 7.33. The molecule has 1 unspecified atom stereocenters. The predicted molar refractivity (Wildman–Crippen MR) is 152 cm³/mol. The molecule has 192 valence electrons. The second kappa shape index (κ2) is 11.2. The number of aromatic nitrogens is 2. The number of amides is 1.